The van der Waals surface area contributed by atoms with Gasteiger partial charge in [-0.1, -0.05) is 11.6 Å². The number of carbonyl (C=O) groups is 2. The molecule has 0 aliphatic carbocycles. The van der Waals surface area contributed by atoms with Crippen molar-refractivity contribution >= 4 is 50.7 Å². The van der Waals surface area contributed by atoms with Gasteiger partial charge in [-0.15, -0.1) is 11.3 Å². The molecule has 4 rings (SSSR count). The van der Waals surface area contributed by atoms with Crippen molar-refractivity contribution in [1.82, 2.24) is 24.5 Å². The molecule has 0 unspecified atom stereocenters. The van der Waals surface area contributed by atoms with E-state index < -0.39 is 23.9 Å². The van der Waals surface area contributed by atoms with Crippen LogP contribution in [0.5, 0.6) is 0 Å². The average Bonchev–Trinajstić information content (AvgIpc) is 3.42. The Bertz CT molecular complexity index is 1410. The molecule has 9 nitrogen and oxygen atoms in total. The third-order valence-corrected chi connectivity index (χ3v) is 6.84. The topological polar surface area (TPSA) is 121 Å². The van der Waals surface area contributed by atoms with Crippen LogP contribution in [-0.2, 0) is 18.4 Å². The van der Waals surface area contributed by atoms with Gasteiger partial charge >= 0.3 is 0 Å². The van der Waals surface area contributed by atoms with Crippen LogP contribution in [-0.4, -0.2) is 36.4 Å². The van der Waals surface area contributed by atoms with Gasteiger partial charge in [0.05, 0.1) is 22.6 Å². The number of halogens is 3. The number of rotatable bonds is 7. The number of nitrogens with two attached hydrogens (primary N) is 1. The molecule has 3 N–H and O–H groups in total. The van der Waals surface area contributed by atoms with Crippen molar-refractivity contribution in [2.75, 3.05) is 5.32 Å². The highest BCUT2D eigenvalue weighted by molar-refractivity contribution is 7.21. The van der Waals surface area contributed by atoms with E-state index in [2.05, 4.69) is 20.5 Å². The number of fused-ring (bicyclic) bond motifs is 1. The summed E-state index contributed by atoms with van der Waals surface area (Å²) in [5, 5.41) is 12.0. The number of hydrogen-bond acceptors (Lipinski definition) is 6. The molecular formula is C21H20ClF2N7O2S. The van der Waals surface area contributed by atoms with Gasteiger partial charge in [0.25, 0.3) is 12.3 Å². The molecule has 0 bridgehead atoms. The molecule has 178 valence electrons. The maximum absolute atomic E-state index is 13.6. The van der Waals surface area contributed by atoms with Gasteiger partial charge in [0, 0.05) is 42.9 Å². The van der Waals surface area contributed by atoms with Crippen LogP contribution < -0.4 is 11.1 Å². The molecule has 0 fully saturated rings. The zero-order chi connectivity index (χ0) is 24.7. The largest absolute Gasteiger partial charge is 0.365 e. The van der Waals surface area contributed by atoms with Crippen LogP contribution >= 0.6 is 22.9 Å². The molecule has 0 radical (unpaired) electrons. The van der Waals surface area contributed by atoms with E-state index in [1.54, 1.807) is 36.5 Å². The van der Waals surface area contributed by atoms with E-state index in [4.69, 9.17) is 17.3 Å². The van der Waals surface area contributed by atoms with Crippen LogP contribution in [0.25, 0.3) is 21.3 Å². The zero-order valence-electron chi connectivity index (χ0n) is 18.4. The predicted octanol–water partition coefficient (Wildman–Crippen LogP) is 4.23. The van der Waals surface area contributed by atoms with Crippen molar-refractivity contribution in [3.63, 3.8) is 0 Å². The van der Waals surface area contributed by atoms with Crippen LogP contribution in [0.3, 0.4) is 0 Å². The number of carbonyl (C=O) groups excluding carboxylic acids is 2. The van der Waals surface area contributed by atoms with Crippen LogP contribution in [0, 0.1) is 13.8 Å². The third kappa shape index (κ3) is 4.38. The standard InChI is InChI=1S/C21H20ClF2N7O2S/c1-9-13(22)8-31(29-9)5-4-15(32)28-17-16-11(12-7-26-30(3)10(12)2)6-14(19(23)24)27-21(16)34-18(17)20(25)33/h6-8,19H,4-5H2,1-3H3,(H2,25,33)(H,28,32). The first-order valence-electron chi connectivity index (χ1n) is 10.1. The molecule has 2 amide bonds. The Kier molecular flexibility index (Phi) is 6.36. The third-order valence-electron chi connectivity index (χ3n) is 5.37. The quantitative estimate of drug-likeness (QED) is 0.388. The molecule has 34 heavy (non-hydrogen) atoms. The van der Waals surface area contributed by atoms with Gasteiger partial charge in [-0.25, -0.2) is 13.8 Å². The molecule has 0 saturated carbocycles. The van der Waals surface area contributed by atoms with E-state index in [1.165, 1.54) is 12.3 Å². The first-order valence-corrected chi connectivity index (χ1v) is 11.3. The van der Waals surface area contributed by atoms with E-state index in [9.17, 15) is 18.4 Å². The van der Waals surface area contributed by atoms with Crippen LogP contribution in [0.15, 0.2) is 18.5 Å². The molecule has 13 heteroatoms. The van der Waals surface area contributed by atoms with E-state index in [-0.39, 0.29) is 28.4 Å². The van der Waals surface area contributed by atoms with Gasteiger partial charge in [0.15, 0.2) is 0 Å². The molecule has 0 aliphatic heterocycles. The Labute approximate surface area is 201 Å². The highest BCUT2D eigenvalue weighted by atomic mass is 35.5. The smallest absolute Gasteiger partial charge is 0.280 e. The average molecular weight is 508 g/mol. The van der Waals surface area contributed by atoms with Gasteiger partial charge in [-0.05, 0) is 25.5 Å². The fraction of sp³-hybridized carbons (Fsp3) is 0.286. The van der Waals surface area contributed by atoms with Gasteiger partial charge in [-0.3, -0.25) is 19.0 Å². The lowest BCUT2D eigenvalue weighted by Crippen LogP contribution is -2.18. The lowest BCUT2D eigenvalue weighted by Gasteiger charge is -2.11. The normalized spacial score (nSPS) is 11.5. The van der Waals surface area contributed by atoms with Crippen molar-refractivity contribution < 1.29 is 18.4 Å². The highest BCUT2D eigenvalue weighted by Gasteiger charge is 2.26. The molecule has 0 atom stereocenters. The summed E-state index contributed by atoms with van der Waals surface area (Å²) in [6.07, 6.45) is 0.340. The van der Waals surface area contributed by atoms with E-state index >= 15 is 0 Å². The molecule has 4 aromatic rings. The molecule has 0 aliphatic rings. The van der Waals surface area contributed by atoms with Gasteiger partial charge < -0.3 is 11.1 Å². The Hall–Kier alpha value is -3.38. The molecular weight excluding hydrogens is 488 g/mol. The Morgan fingerprint density at radius 1 is 1.29 bits per heavy atom. The summed E-state index contributed by atoms with van der Waals surface area (Å²) in [7, 11) is 1.72. The van der Waals surface area contributed by atoms with Crippen LogP contribution in [0.1, 0.15) is 39.6 Å². The second-order valence-electron chi connectivity index (χ2n) is 7.64. The molecule has 0 spiro atoms. The molecule has 4 aromatic heterocycles. The number of aromatic nitrogens is 5. The number of anilines is 1. The van der Waals surface area contributed by atoms with E-state index in [0.29, 0.717) is 32.9 Å². The summed E-state index contributed by atoms with van der Waals surface area (Å²) in [5.74, 6) is -1.22. The Balaban J connectivity index is 1.79. The summed E-state index contributed by atoms with van der Waals surface area (Å²) in [5.41, 5.74) is 7.54. The number of thiophene rings is 1. The number of primary amides is 1. The van der Waals surface area contributed by atoms with Crippen LogP contribution in [0.4, 0.5) is 14.5 Å². The summed E-state index contributed by atoms with van der Waals surface area (Å²) >= 11 is 6.86. The predicted molar refractivity (Wildman–Crippen MR) is 125 cm³/mol. The van der Waals surface area contributed by atoms with Crippen molar-refractivity contribution in [3.8, 4) is 11.1 Å². The minimum atomic E-state index is -2.83. The molecule has 0 saturated heterocycles. The summed E-state index contributed by atoms with van der Waals surface area (Å²) in [6, 6.07) is 1.25. The monoisotopic (exact) mass is 507 g/mol. The first kappa shape index (κ1) is 23.8. The second-order valence-corrected chi connectivity index (χ2v) is 9.04. The number of amides is 2. The number of pyridine rings is 1. The lowest BCUT2D eigenvalue weighted by atomic mass is 10.0. The summed E-state index contributed by atoms with van der Waals surface area (Å²) in [4.78, 5) is 29.2. The van der Waals surface area contributed by atoms with Crippen molar-refractivity contribution in [2.45, 2.75) is 33.2 Å². The number of nitrogens with one attached hydrogen (secondary N) is 1. The van der Waals surface area contributed by atoms with Crippen molar-refractivity contribution in [2.24, 2.45) is 12.8 Å². The minimum absolute atomic E-state index is 0.0167. The summed E-state index contributed by atoms with van der Waals surface area (Å²) < 4.78 is 30.4. The summed E-state index contributed by atoms with van der Waals surface area (Å²) in [6.45, 7) is 3.78. The highest BCUT2D eigenvalue weighted by Crippen LogP contribution is 2.43. The SMILES string of the molecule is Cc1nn(CCC(=O)Nc2c(C(N)=O)sc3nc(C(F)F)cc(-c4cnn(C)c4C)c23)cc1Cl. The zero-order valence-corrected chi connectivity index (χ0v) is 20.0. The molecule has 0 aromatic carbocycles. The first-order chi connectivity index (χ1) is 16.1. The Morgan fingerprint density at radius 2 is 2.03 bits per heavy atom. The van der Waals surface area contributed by atoms with Crippen molar-refractivity contribution in [3.05, 3.63) is 45.4 Å². The van der Waals surface area contributed by atoms with Gasteiger partial charge in [0.2, 0.25) is 5.91 Å². The van der Waals surface area contributed by atoms with Gasteiger partial charge in [0.1, 0.15) is 15.4 Å². The second kappa shape index (κ2) is 9.11. The van der Waals surface area contributed by atoms with Crippen molar-refractivity contribution in [1.29, 1.82) is 0 Å². The fourth-order valence-corrected chi connectivity index (χ4v) is 4.69. The number of nitrogens with zero attached hydrogens (tertiary/aromatic N) is 5. The van der Waals surface area contributed by atoms with Gasteiger partial charge in [-0.2, -0.15) is 10.2 Å². The minimum Gasteiger partial charge on any atom is -0.365 e. The van der Waals surface area contributed by atoms with E-state index in [1.807, 2.05) is 0 Å². The number of alkyl halides is 2. The fourth-order valence-electron chi connectivity index (χ4n) is 3.52. The van der Waals surface area contributed by atoms with Crippen LogP contribution in [0.2, 0.25) is 5.02 Å². The number of hydrogen-bond donors (Lipinski definition) is 2. The Morgan fingerprint density at radius 3 is 2.59 bits per heavy atom. The number of aryl methyl sites for hydroxylation is 3. The maximum Gasteiger partial charge on any atom is 0.280 e. The van der Waals surface area contributed by atoms with E-state index in [0.717, 1.165) is 11.3 Å². The lowest BCUT2D eigenvalue weighted by molar-refractivity contribution is -0.116. The maximum atomic E-state index is 13.6. The molecule has 4 heterocycles.